The number of amides is 1. The van der Waals surface area contributed by atoms with E-state index in [4.69, 9.17) is 15.5 Å². The third kappa shape index (κ3) is 4.52. The molecule has 0 heterocycles. The van der Waals surface area contributed by atoms with Crippen LogP contribution in [0.15, 0.2) is 6.07 Å². The van der Waals surface area contributed by atoms with Crippen molar-refractivity contribution in [1.82, 2.24) is 4.90 Å². The standard InChI is InChI=1S/C28H37N3O9/c1-27(2,3)40-39-11-13-10-16(30(4)5)14-8-12-9-15-20(31(6)7)23(34)19(26(29)37)25(36)28(15,38)24(35)17(12)22(33)18(14)21(13)32/h10,12,15,17,19-20,32,38H,8-9,11H2,1-7H3,(H2,29,37). The number of ketones is 4. The van der Waals surface area contributed by atoms with Crippen LogP contribution < -0.4 is 10.6 Å². The zero-order valence-electron chi connectivity index (χ0n) is 23.8. The maximum absolute atomic E-state index is 14.0. The molecule has 6 atom stereocenters. The molecule has 218 valence electrons. The second-order valence-electron chi connectivity index (χ2n) is 12.4. The van der Waals surface area contributed by atoms with Gasteiger partial charge >= 0.3 is 0 Å². The van der Waals surface area contributed by atoms with E-state index in [-0.39, 0.29) is 36.3 Å². The first-order chi connectivity index (χ1) is 18.4. The van der Waals surface area contributed by atoms with E-state index in [1.54, 1.807) is 59.9 Å². The third-order valence-corrected chi connectivity index (χ3v) is 8.12. The molecule has 1 aromatic carbocycles. The summed E-state index contributed by atoms with van der Waals surface area (Å²) in [4.78, 5) is 80.5. The van der Waals surface area contributed by atoms with Gasteiger partial charge in [0.15, 0.2) is 34.7 Å². The van der Waals surface area contributed by atoms with Crippen LogP contribution in [0.5, 0.6) is 5.75 Å². The Bertz CT molecular complexity index is 1300. The van der Waals surface area contributed by atoms with Crippen molar-refractivity contribution >= 4 is 34.7 Å². The van der Waals surface area contributed by atoms with Crippen molar-refractivity contribution in [2.75, 3.05) is 33.1 Å². The summed E-state index contributed by atoms with van der Waals surface area (Å²) in [7, 11) is 6.64. The average molecular weight is 560 g/mol. The average Bonchev–Trinajstić information content (AvgIpc) is 2.81. The number of benzene rings is 1. The summed E-state index contributed by atoms with van der Waals surface area (Å²) < 4.78 is 0. The predicted molar refractivity (Wildman–Crippen MR) is 141 cm³/mol. The van der Waals surface area contributed by atoms with Gasteiger partial charge in [-0.05, 0) is 65.3 Å². The largest absolute Gasteiger partial charge is 0.507 e. The normalized spacial score (nSPS) is 30.2. The number of nitrogens with two attached hydrogens (primary N) is 1. The molecule has 0 spiro atoms. The highest BCUT2D eigenvalue weighted by molar-refractivity contribution is 6.32. The molecule has 0 aromatic heterocycles. The number of Topliss-reactive ketones (excluding diaryl/α,β-unsaturated/α-hetero) is 4. The van der Waals surface area contributed by atoms with E-state index in [2.05, 4.69) is 0 Å². The highest BCUT2D eigenvalue weighted by Gasteiger charge is 2.69. The molecule has 2 saturated carbocycles. The Morgan fingerprint density at radius 1 is 1.12 bits per heavy atom. The first kappa shape index (κ1) is 29.8. The van der Waals surface area contributed by atoms with Gasteiger partial charge in [0.25, 0.3) is 0 Å². The third-order valence-electron chi connectivity index (χ3n) is 8.12. The van der Waals surface area contributed by atoms with Crippen molar-refractivity contribution in [3.8, 4) is 5.75 Å². The first-order valence-electron chi connectivity index (χ1n) is 13.1. The van der Waals surface area contributed by atoms with E-state index < -0.39 is 70.0 Å². The number of carbonyl (C=O) groups is 5. The summed E-state index contributed by atoms with van der Waals surface area (Å²) >= 11 is 0. The van der Waals surface area contributed by atoms with Crippen molar-refractivity contribution in [2.45, 2.75) is 57.5 Å². The molecule has 0 radical (unpaired) electrons. The summed E-state index contributed by atoms with van der Waals surface area (Å²) in [6.07, 6.45) is 0.161. The Labute approximate surface area is 232 Å². The number of hydrogen-bond donors (Lipinski definition) is 3. The fraction of sp³-hybridized carbons (Fsp3) is 0.607. The van der Waals surface area contributed by atoms with Gasteiger partial charge in [0.1, 0.15) is 12.4 Å². The fourth-order valence-corrected chi connectivity index (χ4v) is 6.49. The van der Waals surface area contributed by atoms with Crippen LogP contribution in [-0.2, 0) is 42.0 Å². The van der Waals surface area contributed by atoms with Crippen LogP contribution >= 0.6 is 0 Å². The maximum Gasteiger partial charge on any atom is 0.235 e. The molecule has 40 heavy (non-hydrogen) atoms. The van der Waals surface area contributed by atoms with E-state index >= 15 is 0 Å². The summed E-state index contributed by atoms with van der Waals surface area (Å²) in [5, 5.41) is 22.9. The number of anilines is 1. The summed E-state index contributed by atoms with van der Waals surface area (Å²) in [5.41, 5.74) is 3.26. The van der Waals surface area contributed by atoms with Crippen molar-refractivity contribution in [3.05, 3.63) is 22.8 Å². The fourth-order valence-electron chi connectivity index (χ4n) is 6.49. The van der Waals surface area contributed by atoms with Gasteiger partial charge in [-0.15, -0.1) is 0 Å². The van der Waals surface area contributed by atoms with Crippen LogP contribution in [0.1, 0.15) is 48.7 Å². The van der Waals surface area contributed by atoms with Gasteiger partial charge < -0.3 is 20.8 Å². The number of rotatable bonds is 6. The summed E-state index contributed by atoms with van der Waals surface area (Å²) in [6, 6.07) is 0.536. The monoisotopic (exact) mass is 559 g/mol. The Morgan fingerprint density at radius 2 is 1.75 bits per heavy atom. The van der Waals surface area contributed by atoms with Crippen LogP contribution in [0.4, 0.5) is 5.69 Å². The zero-order chi connectivity index (χ0) is 30.1. The number of aliphatic hydroxyl groups is 1. The van der Waals surface area contributed by atoms with Crippen LogP contribution in [0, 0.1) is 23.7 Å². The maximum atomic E-state index is 14.0. The molecule has 0 saturated heterocycles. The lowest BCUT2D eigenvalue weighted by molar-refractivity contribution is -0.356. The minimum Gasteiger partial charge on any atom is -0.507 e. The Kier molecular flexibility index (Phi) is 7.46. The smallest absolute Gasteiger partial charge is 0.235 e. The van der Waals surface area contributed by atoms with Crippen LogP contribution in [0.25, 0.3) is 0 Å². The first-order valence-corrected chi connectivity index (χ1v) is 13.1. The number of phenols is 1. The molecular formula is C28H37N3O9. The Hall–Kier alpha value is -3.19. The summed E-state index contributed by atoms with van der Waals surface area (Å²) in [6.45, 7) is 5.16. The van der Waals surface area contributed by atoms with Crippen LogP contribution in [0.2, 0.25) is 0 Å². The Balaban J connectivity index is 1.83. The van der Waals surface area contributed by atoms with Crippen LogP contribution in [-0.4, -0.2) is 89.6 Å². The van der Waals surface area contributed by atoms with Gasteiger partial charge in [-0.3, -0.25) is 28.9 Å². The second kappa shape index (κ2) is 10.0. The number of carbonyl (C=O) groups excluding carboxylic acids is 5. The SMILES string of the molecule is CN(C)c1cc(COOC(C)(C)C)c(O)c2c1CC1CC3C(N(C)C)C(=O)C(C(N)=O)C(=O)C3(O)C(=O)C1C2=O. The number of primary amides is 1. The molecule has 3 aliphatic carbocycles. The van der Waals surface area contributed by atoms with Crippen LogP contribution in [0.3, 0.4) is 0 Å². The lowest BCUT2D eigenvalue weighted by Gasteiger charge is -2.52. The minimum absolute atomic E-state index is 0.0121. The van der Waals surface area contributed by atoms with E-state index in [0.29, 0.717) is 11.3 Å². The van der Waals surface area contributed by atoms with E-state index in [1.165, 1.54) is 4.90 Å². The van der Waals surface area contributed by atoms with Gasteiger partial charge in [-0.25, -0.2) is 9.78 Å². The minimum atomic E-state index is -2.77. The number of fused-ring (bicyclic) bond motifs is 3. The molecule has 3 aliphatic rings. The second-order valence-corrected chi connectivity index (χ2v) is 12.4. The lowest BCUT2D eigenvalue weighted by Crippen LogP contribution is -2.74. The summed E-state index contributed by atoms with van der Waals surface area (Å²) in [5.74, 6) is -10.9. The number of hydrogen-bond acceptors (Lipinski definition) is 11. The zero-order valence-corrected chi connectivity index (χ0v) is 23.8. The molecule has 4 rings (SSSR count). The molecule has 0 bridgehead atoms. The quantitative estimate of drug-likeness (QED) is 0.246. The predicted octanol–water partition coefficient (Wildman–Crippen LogP) is 0.180. The molecule has 1 aromatic rings. The molecule has 4 N–H and O–H groups in total. The van der Waals surface area contributed by atoms with Crippen molar-refractivity contribution in [3.63, 3.8) is 0 Å². The number of nitrogens with zero attached hydrogens (tertiary/aromatic N) is 2. The molecule has 12 nitrogen and oxygen atoms in total. The molecule has 0 aliphatic heterocycles. The topological polar surface area (TPSA) is 177 Å². The molecular weight excluding hydrogens is 522 g/mol. The Morgan fingerprint density at radius 3 is 2.27 bits per heavy atom. The van der Waals surface area contributed by atoms with E-state index in [1.807, 2.05) is 0 Å². The van der Waals surface area contributed by atoms with Gasteiger partial charge in [0.05, 0.1) is 23.1 Å². The number of aromatic hydroxyl groups is 1. The lowest BCUT2D eigenvalue weighted by atomic mass is 9.52. The molecule has 2 fully saturated rings. The highest BCUT2D eigenvalue weighted by atomic mass is 17.2. The number of phenolic OH excluding ortho intramolecular Hbond substituents is 1. The van der Waals surface area contributed by atoms with Gasteiger partial charge in [0.2, 0.25) is 5.91 Å². The highest BCUT2D eigenvalue weighted by Crippen LogP contribution is 2.52. The van der Waals surface area contributed by atoms with Crippen molar-refractivity contribution in [1.29, 1.82) is 0 Å². The molecule has 12 heteroatoms. The van der Waals surface area contributed by atoms with E-state index in [0.717, 1.165) is 0 Å². The molecule has 1 amide bonds. The van der Waals surface area contributed by atoms with Crippen molar-refractivity contribution in [2.24, 2.45) is 29.4 Å². The van der Waals surface area contributed by atoms with E-state index in [9.17, 15) is 34.2 Å². The van der Waals surface area contributed by atoms with Crippen molar-refractivity contribution < 1.29 is 44.0 Å². The number of likely N-dealkylation sites (N-methyl/N-ethyl adjacent to an activating group) is 1. The van der Waals surface area contributed by atoms with Gasteiger partial charge in [-0.1, -0.05) is 0 Å². The van der Waals surface area contributed by atoms with Gasteiger partial charge in [0, 0.05) is 31.3 Å². The van der Waals surface area contributed by atoms with Gasteiger partial charge in [-0.2, -0.15) is 0 Å². The molecule has 6 unspecified atom stereocenters.